The molecule has 1 heterocycles. The van der Waals surface area contributed by atoms with Crippen LogP contribution in [-0.2, 0) is 25.9 Å². The number of esters is 1. The Morgan fingerprint density at radius 2 is 1.89 bits per heavy atom. The lowest BCUT2D eigenvalue weighted by Crippen LogP contribution is -2.22. The normalized spacial score (nSPS) is 14.0. The molecule has 27 heavy (non-hydrogen) atoms. The van der Waals surface area contributed by atoms with E-state index < -0.39 is 23.8 Å². The fraction of sp³-hybridized carbons (Fsp3) is 0.444. The van der Waals surface area contributed by atoms with Gasteiger partial charge in [-0.2, -0.15) is 0 Å². The van der Waals surface area contributed by atoms with Crippen LogP contribution >= 0.6 is 0 Å². The van der Waals surface area contributed by atoms with E-state index in [1.54, 1.807) is 17.8 Å². The minimum absolute atomic E-state index is 0.210. The summed E-state index contributed by atoms with van der Waals surface area (Å²) in [4.78, 5) is 16.0. The van der Waals surface area contributed by atoms with Crippen molar-refractivity contribution in [3.05, 3.63) is 41.9 Å². The topological polar surface area (TPSA) is 94.3 Å². The molecule has 0 aliphatic heterocycles. The summed E-state index contributed by atoms with van der Waals surface area (Å²) < 4.78 is 33.6. The minimum atomic E-state index is -3.28. The van der Waals surface area contributed by atoms with Gasteiger partial charge in [0.25, 0.3) is 0 Å². The molecule has 148 valence electrons. The summed E-state index contributed by atoms with van der Waals surface area (Å²) in [5, 5.41) is 0.210. The predicted octanol–water partition coefficient (Wildman–Crippen LogP) is 3.76. The molecule has 0 aliphatic carbocycles. The van der Waals surface area contributed by atoms with Crippen molar-refractivity contribution in [2.24, 2.45) is 0 Å². The Bertz CT molecular complexity index is 900. The largest absolute Gasteiger partial charge is 0.465 e. The molecule has 0 saturated carbocycles. The molecule has 1 unspecified atom stereocenters. The fourth-order valence-corrected chi connectivity index (χ4v) is 4.62. The van der Waals surface area contributed by atoms with Crippen molar-refractivity contribution in [3.63, 3.8) is 0 Å². The first-order valence-corrected chi connectivity index (χ1v) is 13.9. The second-order valence-electron chi connectivity index (χ2n) is 7.53. The van der Waals surface area contributed by atoms with Gasteiger partial charge in [-0.3, -0.25) is 0 Å². The molecule has 1 aromatic heterocycles. The summed E-state index contributed by atoms with van der Waals surface area (Å²) in [5.41, 5.74) is 0.981. The predicted molar refractivity (Wildman–Crippen MR) is 106 cm³/mol. The summed E-state index contributed by atoms with van der Waals surface area (Å²) in [7, 11) is -3.14. The van der Waals surface area contributed by atoms with Crippen LogP contribution in [0.2, 0.25) is 25.7 Å². The summed E-state index contributed by atoms with van der Waals surface area (Å²) in [5.74, 6) is -0.478. The number of carbonyl (C=O) groups is 1. The fourth-order valence-electron chi connectivity index (χ4n) is 2.39. The monoisotopic (exact) mass is 409 g/mol. The van der Waals surface area contributed by atoms with Crippen LogP contribution < -0.4 is 0 Å². The van der Waals surface area contributed by atoms with Crippen LogP contribution in [0.1, 0.15) is 16.1 Å². The van der Waals surface area contributed by atoms with Gasteiger partial charge in [0, 0.05) is 14.7 Å². The van der Waals surface area contributed by atoms with E-state index in [-0.39, 0.29) is 5.03 Å². The van der Waals surface area contributed by atoms with Crippen molar-refractivity contribution in [2.45, 2.75) is 49.3 Å². The van der Waals surface area contributed by atoms with Crippen molar-refractivity contribution < 1.29 is 18.5 Å². The molecule has 0 aliphatic rings. The molecule has 1 atom stereocenters. The van der Waals surface area contributed by atoms with Crippen molar-refractivity contribution in [3.8, 4) is 0 Å². The van der Waals surface area contributed by atoms with Crippen LogP contribution in [0.15, 0.2) is 40.5 Å². The quantitative estimate of drug-likeness (QED) is 0.407. The molecule has 7 nitrogen and oxygen atoms in total. The highest BCUT2D eigenvalue weighted by molar-refractivity contribution is 7.92. The molecule has 0 saturated heterocycles. The second kappa shape index (κ2) is 8.36. The molecule has 0 amide bonds. The number of nitrogens with zero attached hydrogens (tertiary/aromatic N) is 2. The van der Waals surface area contributed by atoms with E-state index in [0.29, 0.717) is 29.5 Å². The standard InChI is InChI=1S/C18H27N3O4SSi/c1-14-17(20-12-21(14)13-25-10-11-27(3,4)5)26(19,23)16-8-6-15(7-9-16)18(22)24-2/h6-9,12,19H,10-11,13H2,1-5H3. The Hall–Kier alpha value is -1.97. The van der Waals surface area contributed by atoms with Crippen LogP contribution in [0.4, 0.5) is 0 Å². The van der Waals surface area contributed by atoms with E-state index in [9.17, 15) is 9.00 Å². The Morgan fingerprint density at radius 1 is 1.26 bits per heavy atom. The van der Waals surface area contributed by atoms with E-state index in [1.807, 2.05) is 0 Å². The summed E-state index contributed by atoms with van der Waals surface area (Å²) in [6.45, 7) is 9.64. The number of benzene rings is 1. The van der Waals surface area contributed by atoms with Gasteiger partial charge in [0.05, 0.1) is 29.6 Å². The molecule has 0 spiro atoms. The third-order valence-corrected chi connectivity index (χ3v) is 7.75. The summed E-state index contributed by atoms with van der Waals surface area (Å²) in [6, 6.07) is 7.08. The van der Waals surface area contributed by atoms with Crippen LogP contribution in [0.3, 0.4) is 0 Å². The SMILES string of the molecule is COC(=O)c1ccc(S(=N)(=O)c2ncn(COCC[Si](C)(C)C)c2C)cc1. The van der Waals surface area contributed by atoms with E-state index in [2.05, 4.69) is 29.4 Å². The molecule has 2 aromatic rings. The van der Waals surface area contributed by atoms with Crippen LogP contribution in [0.25, 0.3) is 0 Å². The third kappa shape index (κ3) is 5.27. The summed E-state index contributed by atoms with van der Waals surface area (Å²) in [6.07, 6.45) is 1.55. The highest BCUT2D eigenvalue weighted by Gasteiger charge is 2.21. The molecular formula is C18H27N3O4SSi. The van der Waals surface area contributed by atoms with Gasteiger partial charge in [0.15, 0.2) is 5.03 Å². The number of nitrogens with one attached hydrogen (secondary N) is 1. The maximum Gasteiger partial charge on any atom is 0.337 e. The lowest BCUT2D eigenvalue weighted by molar-refractivity contribution is 0.0600. The number of methoxy groups -OCH3 is 1. The molecule has 2 rings (SSSR count). The first-order chi connectivity index (χ1) is 12.6. The van der Waals surface area contributed by atoms with Gasteiger partial charge in [-0.25, -0.2) is 18.8 Å². The minimum Gasteiger partial charge on any atom is -0.465 e. The van der Waals surface area contributed by atoms with Gasteiger partial charge in [0.2, 0.25) is 0 Å². The average molecular weight is 410 g/mol. The lowest BCUT2D eigenvalue weighted by atomic mass is 10.2. The van der Waals surface area contributed by atoms with Crippen molar-refractivity contribution in [1.29, 1.82) is 4.78 Å². The Morgan fingerprint density at radius 3 is 2.44 bits per heavy atom. The molecule has 1 N–H and O–H groups in total. The number of hydrogen-bond acceptors (Lipinski definition) is 6. The van der Waals surface area contributed by atoms with Gasteiger partial charge in [0.1, 0.15) is 16.5 Å². The molecule has 9 heteroatoms. The summed E-state index contributed by atoms with van der Waals surface area (Å²) >= 11 is 0. The molecule has 1 aromatic carbocycles. The Kier molecular flexibility index (Phi) is 6.61. The van der Waals surface area contributed by atoms with Gasteiger partial charge >= 0.3 is 5.97 Å². The maximum atomic E-state index is 13.1. The third-order valence-electron chi connectivity index (χ3n) is 4.16. The zero-order valence-electron chi connectivity index (χ0n) is 16.4. The number of rotatable bonds is 8. The van der Waals surface area contributed by atoms with Gasteiger partial charge < -0.3 is 14.0 Å². The number of imidazole rings is 1. The van der Waals surface area contributed by atoms with Crippen molar-refractivity contribution in [1.82, 2.24) is 9.55 Å². The van der Waals surface area contributed by atoms with Gasteiger partial charge in [-0.1, -0.05) is 19.6 Å². The smallest absolute Gasteiger partial charge is 0.337 e. The van der Waals surface area contributed by atoms with Crippen LogP contribution in [0.5, 0.6) is 0 Å². The number of aromatic nitrogens is 2. The van der Waals surface area contributed by atoms with Crippen LogP contribution in [-0.4, -0.2) is 41.5 Å². The lowest BCUT2D eigenvalue weighted by Gasteiger charge is -2.16. The molecular weight excluding hydrogens is 382 g/mol. The zero-order chi connectivity index (χ0) is 20.2. The highest BCUT2D eigenvalue weighted by atomic mass is 32.2. The zero-order valence-corrected chi connectivity index (χ0v) is 18.3. The molecule has 0 fully saturated rings. The number of ether oxygens (including phenoxy) is 2. The van der Waals surface area contributed by atoms with E-state index in [1.165, 1.54) is 31.4 Å². The molecule has 0 bridgehead atoms. The van der Waals surface area contributed by atoms with E-state index >= 15 is 0 Å². The van der Waals surface area contributed by atoms with Gasteiger partial charge in [-0.15, -0.1) is 0 Å². The average Bonchev–Trinajstić information content (AvgIpc) is 2.98. The van der Waals surface area contributed by atoms with Crippen molar-refractivity contribution >= 4 is 23.8 Å². The van der Waals surface area contributed by atoms with Gasteiger partial charge in [-0.05, 0) is 37.2 Å². The van der Waals surface area contributed by atoms with E-state index in [0.717, 1.165) is 6.04 Å². The van der Waals surface area contributed by atoms with E-state index in [4.69, 9.17) is 9.52 Å². The van der Waals surface area contributed by atoms with Crippen molar-refractivity contribution in [2.75, 3.05) is 13.7 Å². The molecule has 0 radical (unpaired) electrons. The van der Waals surface area contributed by atoms with Crippen LogP contribution in [0, 0.1) is 11.7 Å². The maximum absolute atomic E-state index is 13.1. The Labute approximate surface area is 161 Å². The highest BCUT2D eigenvalue weighted by Crippen LogP contribution is 2.24. The first-order valence-electron chi connectivity index (χ1n) is 8.63. The number of carbonyl (C=O) groups excluding carboxylic acids is 1. The Balaban J connectivity index is 2.15. The first kappa shape index (κ1) is 21.3. The second-order valence-corrected chi connectivity index (χ2v) is 15.1. The number of hydrogen-bond donors (Lipinski definition) is 1.